The van der Waals surface area contributed by atoms with Crippen LogP contribution in [0.2, 0.25) is 0 Å². The SMILES string of the molecule is COCCN(CC(=O)Nc1ccc(C2CCCCC2)cc1C)Cc1ccc(OC(C)(C)C(=O)OC(C)(C)C)cc1. The Labute approximate surface area is 240 Å². The van der Waals surface area contributed by atoms with Crippen LogP contribution in [0.3, 0.4) is 0 Å². The molecule has 1 aliphatic carbocycles. The van der Waals surface area contributed by atoms with Gasteiger partial charge in [0.05, 0.1) is 13.2 Å². The van der Waals surface area contributed by atoms with Crippen molar-refractivity contribution in [2.45, 2.75) is 97.3 Å². The average Bonchev–Trinajstić information content (AvgIpc) is 2.89. The van der Waals surface area contributed by atoms with Gasteiger partial charge < -0.3 is 19.5 Å². The highest BCUT2D eigenvalue weighted by Gasteiger charge is 2.34. The number of esters is 1. The molecule has 1 N–H and O–H groups in total. The van der Waals surface area contributed by atoms with Crippen LogP contribution in [0.5, 0.6) is 5.75 Å². The first-order valence-corrected chi connectivity index (χ1v) is 14.5. The van der Waals surface area contributed by atoms with E-state index in [-0.39, 0.29) is 12.5 Å². The summed E-state index contributed by atoms with van der Waals surface area (Å²) in [5.41, 5.74) is 2.68. The Bertz CT molecular complexity index is 1110. The van der Waals surface area contributed by atoms with Gasteiger partial charge >= 0.3 is 5.97 Å². The first-order chi connectivity index (χ1) is 18.9. The molecule has 7 nitrogen and oxygen atoms in total. The summed E-state index contributed by atoms with van der Waals surface area (Å²) in [4.78, 5) is 27.6. The minimum Gasteiger partial charge on any atom is -0.476 e. The summed E-state index contributed by atoms with van der Waals surface area (Å²) >= 11 is 0. The fraction of sp³-hybridized carbons (Fsp3) is 0.576. The van der Waals surface area contributed by atoms with Crippen LogP contribution in [0.15, 0.2) is 42.5 Å². The third-order valence-electron chi connectivity index (χ3n) is 7.17. The molecule has 40 heavy (non-hydrogen) atoms. The van der Waals surface area contributed by atoms with E-state index < -0.39 is 17.2 Å². The molecule has 1 amide bonds. The lowest BCUT2D eigenvalue weighted by molar-refractivity contribution is -0.170. The molecule has 1 aliphatic rings. The molecular weight excluding hydrogens is 504 g/mol. The summed E-state index contributed by atoms with van der Waals surface area (Å²) in [6, 6.07) is 14.0. The number of aryl methyl sites for hydroxylation is 1. The molecule has 0 aromatic heterocycles. The smallest absolute Gasteiger partial charge is 0.350 e. The van der Waals surface area contributed by atoms with E-state index in [9.17, 15) is 9.59 Å². The van der Waals surface area contributed by atoms with Gasteiger partial charge in [-0.1, -0.05) is 43.5 Å². The fourth-order valence-corrected chi connectivity index (χ4v) is 5.00. The van der Waals surface area contributed by atoms with Crippen molar-refractivity contribution in [3.05, 3.63) is 59.2 Å². The van der Waals surface area contributed by atoms with Gasteiger partial charge in [0.2, 0.25) is 5.91 Å². The predicted octanol–water partition coefficient (Wildman–Crippen LogP) is 6.63. The van der Waals surface area contributed by atoms with Crippen molar-refractivity contribution in [2.75, 3.05) is 32.1 Å². The Kier molecular flexibility index (Phi) is 11.2. The predicted molar refractivity (Wildman–Crippen MR) is 160 cm³/mol. The molecule has 2 aromatic carbocycles. The molecule has 2 aromatic rings. The van der Waals surface area contributed by atoms with Crippen molar-refractivity contribution in [1.29, 1.82) is 0 Å². The second-order valence-corrected chi connectivity index (χ2v) is 12.4. The average molecular weight is 553 g/mol. The molecule has 1 fully saturated rings. The van der Waals surface area contributed by atoms with Crippen molar-refractivity contribution in [3.63, 3.8) is 0 Å². The molecular formula is C33H48N2O5. The number of nitrogens with one attached hydrogen (secondary N) is 1. The molecule has 3 rings (SSSR count). The summed E-state index contributed by atoms with van der Waals surface area (Å²) < 4.78 is 16.7. The van der Waals surface area contributed by atoms with Crippen LogP contribution in [0, 0.1) is 6.92 Å². The number of amides is 1. The molecule has 0 aliphatic heterocycles. The van der Waals surface area contributed by atoms with Crippen LogP contribution in [0.1, 0.15) is 89.3 Å². The second-order valence-electron chi connectivity index (χ2n) is 12.4. The van der Waals surface area contributed by atoms with Crippen LogP contribution in [0.4, 0.5) is 5.69 Å². The zero-order valence-electron chi connectivity index (χ0n) is 25.5. The summed E-state index contributed by atoms with van der Waals surface area (Å²) in [6.07, 6.45) is 6.47. The van der Waals surface area contributed by atoms with Crippen molar-refractivity contribution in [3.8, 4) is 5.75 Å². The maximum atomic E-state index is 13.0. The Hall–Kier alpha value is -2.90. The van der Waals surface area contributed by atoms with Crippen molar-refractivity contribution < 1.29 is 23.8 Å². The van der Waals surface area contributed by atoms with E-state index >= 15 is 0 Å². The lowest BCUT2D eigenvalue weighted by Gasteiger charge is -2.29. The second kappa shape index (κ2) is 14.1. The van der Waals surface area contributed by atoms with E-state index in [0.29, 0.717) is 31.4 Å². The van der Waals surface area contributed by atoms with Gasteiger partial charge in [0.25, 0.3) is 0 Å². The number of hydrogen-bond acceptors (Lipinski definition) is 6. The number of methoxy groups -OCH3 is 1. The summed E-state index contributed by atoms with van der Waals surface area (Å²) in [5.74, 6) is 0.748. The zero-order chi connectivity index (χ0) is 29.3. The topological polar surface area (TPSA) is 77.1 Å². The highest BCUT2D eigenvalue weighted by molar-refractivity contribution is 5.93. The first kappa shape index (κ1) is 31.6. The number of ether oxygens (including phenoxy) is 3. The molecule has 1 saturated carbocycles. The number of carbonyl (C=O) groups is 2. The van der Waals surface area contributed by atoms with Gasteiger partial charge in [-0.25, -0.2) is 4.79 Å². The van der Waals surface area contributed by atoms with Gasteiger partial charge in [0, 0.05) is 25.9 Å². The van der Waals surface area contributed by atoms with E-state index in [0.717, 1.165) is 16.8 Å². The maximum absolute atomic E-state index is 13.0. The monoisotopic (exact) mass is 552 g/mol. The largest absolute Gasteiger partial charge is 0.476 e. The highest BCUT2D eigenvalue weighted by Crippen LogP contribution is 2.34. The Morgan fingerprint density at radius 3 is 2.25 bits per heavy atom. The molecule has 7 heteroatoms. The number of benzene rings is 2. The van der Waals surface area contributed by atoms with Gasteiger partial charge in [-0.15, -0.1) is 0 Å². The van der Waals surface area contributed by atoms with Crippen LogP contribution in [0.25, 0.3) is 0 Å². The standard InChI is InChI=1S/C33H48N2O5/c1-24-21-27(26-11-9-8-10-12-26)15-18-29(24)34-30(36)23-35(19-20-38-7)22-25-13-16-28(17-14-25)39-33(5,6)31(37)40-32(2,3)4/h13-18,21,26H,8-12,19-20,22-23H2,1-7H3,(H,34,36). The lowest BCUT2D eigenvalue weighted by Crippen LogP contribution is -2.43. The minimum atomic E-state index is -1.12. The van der Waals surface area contributed by atoms with Crippen LogP contribution in [-0.2, 0) is 25.6 Å². The van der Waals surface area contributed by atoms with Crippen molar-refractivity contribution in [1.82, 2.24) is 4.90 Å². The molecule has 0 atom stereocenters. The number of hydrogen-bond donors (Lipinski definition) is 1. The molecule has 0 saturated heterocycles. The van der Waals surface area contributed by atoms with Gasteiger partial charge in [-0.05, 0) is 95.2 Å². The Morgan fingerprint density at radius 1 is 0.975 bits per heavy atom. The minimum absolute atomic E-state index is 0.0521. The van der Waals surface area contributed by atoms with E-state index in [1.165, 1.54) is 37.7 Å². The van der Waals surface area contributed by atoms with Gasteiger partial charge in [-0.2, -0.15) is 0 Å². The number of anilines is 1. The van der Waals surface area contributed by atoms with Crippen LogP contribution >= 0.6 is 0 Å². The first-order valence-electron chi connectivity index (χ1n) is 14.5. The molecule has 0 radical (unpaired) electrons. The molecule has 0 spiro atoms. The number of carbonyl (C=O) groups excluding carboxylic acids is 2. The zero-order valence-corrected chi connectivity index (χ0v) is 25.5. The number of nitrogens with zero attached hydrogens (tertiary/aromatic N) is 1. The summed E-state index contributed by atoms with van der Waals surface area (Å²) in [5, 5.41) is 3.11. The van der Waals surface area contributed by atoms with Crippen LogP contribution < -0.4 is 10.1 Å². The van der Waals surface area contributed by atoms with Gasteiger partial charge in [-0.3, -0.25) is 9.69 Å². The molecule has 0 bridgehead atoms. The normalized spacial score (nSPS) is 14.7. The Morgan fingerprint density at radius 2 is 1.65 bits per heavy atom. The molecule has 0 heterocycles. The van der Waals surface area contributed by atoms with E-state index in [2.05, 4.69) is 29.3 Å². The Balaban J connectivity index is 1.59. The van der Waals surface area contributed by atoms with E-state index in [1.54, 1.807) is 21.0 Å². The van der Waals surface area contributed by atoms with E-state index in [1.807, 2.05) is 51.1 Å². The maximum Gasteiger partial charge on any atom is 0.350 e. The molecule has 220 valence electrons. The van der Waals surface area contributed by atoms with Crippen molar-refractivity contribution >= 4 is 17.6 Å². The van der Waals surface area contributed by atoms with Gasteiger partial charge in [0.15, 0.2) is 5.60 Å². The third kappa shape index (κ3) is 9.93. The molecule has 0 unspecified atom stereocenters. The fourth-order valence-electron chi connectivity index (χ4n) is 5.00. The summed E-state index contributed by atoms with van der Waals surface area (Å²) in [7, 11) is 1.66. The quantitative estimate of drug-likeness (QED) is 0.298. The van der Waals surface area contributed by atoms with E-state index in [4.69, 9.17) is 14.2 Å². The van der Waals surface area contributed by atoms with Crippen LogP contribution in [-0.4, -0.2) is 54.8 Å². The van der Waals surface area contributed by atoms with Gasteiger partial charge in [0.1, 0.15) is 11.4 Å². The number of rotatable bonds is 12. The third-order valence-corrected chi connectivity index (χ3v) is 7.17. The lowest BCUT2D eigenvalue weighted by atomic mass is 9.83. The van der Waals surface area contributed by atoms with Crippen molar-refractivity contribution in [2.24, 2.45) is 0 Å². The summed E-state index contributed by atoms with van der Waals surface area (Å²) in [6.45, 7) is 12.9. The highest BCUT2D eigenvalue weighted by atomic mass is 16.6.